The molecule has 0 saturated carbocycles. The van der Waals surface area contributed by atoms with Crippen molar-refractivity contribution in [2.45, 2.75) is 46.1 Å². The fourth-order valence-corrected chi connectivity index (χ4v) is 2.51. The Morgan fingerprint density at radius 1 is 1.33 bits per heavy atom. The lowest BCUT2D eigenvalue weighted by Gasteiger charge is -2.21. The Balaban J connectivity index is 2.58. The molecule has 2 nitrogen and oxygen atoms in total. The lowest BCUT2D eigenvalue weighted by molar-refractivity contribution is 0.371. The lowest BCUT2D eigenvalue weighted by atomic mass is 9.93. The third kappa shape index (κ3) is 3.92. The third-order valence-corrected chi connectivity index (χ3v) is 3.59. The second kappa shape index (κ2) is 6.96. The van der Waals surface area contributed by atoms with E-state index in [0.29, 0.717) is 6.04 Å². The third-order valence-electron chi connectivity index (χ3n) is 2.98. The summed E-state index contributed by atoms with van der Waals surface area (Å²) >= 11 is 1.68. The van der Waals surface area contributed by atoms with Crippen molar-refractivity contribution in [2.75, 3.05) is 6.54 Å². The highest BCUT2D eigenvalue weighted by Crippen LogP contribution is 2.24. The van der Waals surface area contributed by atoms with Gasteiger partial charge in [0, 0.05) is 5.38 Å². The van der Waals surface area contributed by atoms with E-state index in [1.807, 2.05) is 5.51 Å². The van der Waals surface area contributed by atoms with Gasteiger partial charge in [-0.15, -0.1) is 11.3 Å². The van der Waals surface area contributed by atoms with Crippen molar-refractivity contribution < 1.29 is 0 Å². The van der Waals surface area contributed by atoms with Gasteiger partial charge < -0.3 is 5.32 Å². The van der Waals surface area contributed by atoms with Crippen LogP contribution in [-0.4, -0.2) is 11.5 Å². The molecular formula is C12H22N2S. The summed E-state index contributed by atoms with van der Waals surface area (Å²) in [6, 6.07) is 0.450. The topological polar surface area (TPSA) is 24.9 Å². The standard InChI is InChI=1S/C12H22N2S/c1-4-10(5-2)7-11(13-6-3)12-8-15-9-14-12/h8-11,13H,4-7H2,1-3H3. The second-order valence-electron chi connectivity index (χ2n) is 3.94. The highest BCUT2D eigenvalue weighted by atomic mass is 32.1. The van der Waals surface area contributed by atoms with Gasteiger partial charge in [0.25, 0.3) is 0 Å². The Hall–Kier alpha value is -0.410. The number of rotatable bonds is 7. The predicted octanol–water partition coefficient (Wildman–Crippen LogP) is 3.62. The molecule has 0 fully saturated rings. The minimum Gasteiger partial charge on any atom is -0.309 e. The van der Waals surface area contributed by atoms with Crippen molar-refractivity contribution in [3.05, 3.63) is 16.6 Å². The van der Waals surface area contributed by atoms with Crippen LogP contribution in [0.4, 0.5) is 0 Å². The molecule has 0 saturated heterocycles. The molecule has 0 aromatic carbocycles. The van der Waals surface area contributed by atoms with Gasteiger partial charge in [-0.05, 0) is 18.9 Å². The molecule has 0 spiro atoms. The highest BCUT2D eigenvalue weighted by molar-refractivity contribution is 7.07. The van der Waals surface area contributed by atoms with Gasteiger partial charge in [-0.3, -0.25) is 0 Å². The molecular weight excluding hydrogens is 204 g/mol. The maximum absolute atomic E-state index is 4.41. The van der Waals surface area contributed by atoms with E-state index in [1.54, 1.807) is 11.3 Å². The summed E-state index contributed by atoms with van der Waals surface area (Å²) < 4.78 is 0. The lowest BCUT2D eigenvalue weighted by Crippen LogP contribution is -2.23. The number of hydrogen-bond acceptors (Lipinski definition) is 3. The summed E-state index contributed by atoms with van der Waals surface area (Å²) in [4.78, 5) is 4.41. The van der Waals surface area contributed by atoms with Crippen LogP contribution in [0.25, 0.3) is 0 Å². The van der Waals surface area contributed by atoms with Crippen LogP contribution in [0.3, 0.4) is 0 Å². The molecule has 1 rings (SSSR count). The normalized spacial score (nSPS) is 13.3. The first kappa shape index (κ1) is 12.7. The molecule has 0 radical (unpaired) electrons. The second-order valence-corrected chi connectivity index (χ2v) is 4.66. The Bertz CT molecular complexity index is 242. The van der Waals surface area contributed by atoms with E-state index >= 15 is 0 Å². The molecule has 1 N–H and O–H groups in total. The molecule has 15 heavy (non-hydrogen) atoms. The van der Waals surface area contributed by atoms with E-state index in [4.69, 9.17) is 0 Å². The van der Waals surface area contributed by atoms with Crippen molar-refractivity contribution in [1.82, 2.24) is 10.3 Å². The summed E-state index contributed by atoms with van der Waals surface area (Å²) in [5.41, 5.74) is 3.14. The fraction of sp³-hybridized carbons (Fsp3) is 0.750. The van der Waals surface area contributed by atoms with E-state index in [2.05, 4.69) is 36.5 Å². The van der Waals surface area contributed by atoms with Crippen molar-refractivity contribution in [3.8, 4) is 0 Å². The van der Waals surface area contributed by atoms with Crippen LogP contribution in [0.15, 0.2) is 10.9 Å². The zero-order chi connectivity index (χ0) is 11.1. The Labute approximate surface area is 97.1 Å². The van der Waals surface area contributed by atoms with Crippen LogP contribution >= 0.6 is 11.3 Å². The summed E-state index contributed by atoms with van der Waals surface area (Å²) in [5, 5.41) is 5.69. The highest BCUT2D eigenvalue weighted by Gasteiger charge is 2.16. The summed E-state index contributed by atoms with van der Waals surface area (Å²) in [7, 11) is 0. The van der Waals surface area contributed by atoms with Crippen molar-refractivity contribution >= 4 is 11.3 Å². The van der Waals surface area contributed by atoms with E-state index in [9.17, 15) is 0 Å². The van der Waals surface area contributed by atoms with Crippen molar-refractivity contribution in [1.29, 1.82) is 0 Å². The molecule has 0 aliphatic carbocycles. The van der Waals surface area contributed by atoms with Gasteiger partial charge in [-0.25, -0.2) is 4.98 Å². The maximum Gasteiger partial charge on any atom is 0.0795 e. The van der Waals surface area contributed by atoms with Gasteiger partial charge in [0.1, 0.15) is 0 Å². The Morgan fingerprint density at radius 3 is 2.53 bits per heavy atom. The van der Waals surface area contributed by atoms with Crippen LogP contribution in [0, 0.1) is 5.92 Å². The minimum absolute atomic E-state index is 0.450. The summed E-state index contributed by atoms with van der Waals surface area (Å²) in [6.07, 6.45) is 3.75. The van der Waals surface area contributed by atoms with Crippen molar-refractivity contribution in [2.24, 2.45) is 5.92 Å². The molecule has 1 heterocycles. The molecule has 1 atom stereocenters. The van der Waals surface area contributed by atoms with E-state index in [0.717, 1.165) is 12.5 Å². The predicted molar refractivity (Wildman–Crippen MR) is 67.2 cm³/mol. The van der Waals surface area contributed by atoms with Gasteiger partial charge in [-0.1, -0.05) is 33.6 Å². The molecule has 0 aliphatic rings. The summed E-state index contributed by atoms with van der Waals surface area (Å²) in [5.74, 6) is 0.816. The van der Waals surface area contributed by atoms with Crippen LogP contribution in [0.2, 0.25) is 0 Å². The Morgan fingerprint density at radius 2 is 2.07 bits per heavy atom. The monoisotopic (exact) mass is 226 g/mol. The molecule has 0 bridgehead atoms. The van der Waals surface area contributed by atoms with Crippen LogP contribution < -0.4 is 5.32 Å². The van der Waals surface area contributed by atoms with E-state index in [1.165, 1.54) is 25.0 Å². The number of thiazole rings is 1. The molecule has 1 aromatic heterocycles. The largest absolute Gasteiger partial charge is 0.309 e. The number of nitrogens with zero attached hydrogens (tertiary/aromatic N) is 1. The first-order valence-corrected chi connectivity index (χ1v) is 6.87. The summed E-state index contributed by atoms with van der Waals surface area (Å²) in [6.45, 7) is 7.73. The first-order valence-electron chi connectivity index (χ1n) is 5.93. The molecule has 86 valence electrons. The molecule has 1 unspecified atom stereocenters. The van der Waals surface area contributed by atoms with Crippen LogP contribution in [0.1, 0.15) is 51.8 Å². The smallest absolute Gasteiger partial charge is 0.0795 e. The van der Waals surface area contributed by atoms with Crippen LogP contribution in [-0.2, 0) is 0 Å². The van der Waals surface area contributed by atoms with E-state index < -0.39 is 0 Å². The number of hydrogen-bond donors (Lipinski definition) is 1. The van der Waals surface area contributed by atoms with Gasteiger partial charge in [0.05, 0.1) is 17.2 Å². The zero-order valence-electron chi connectivity index (χ0n) is 9.99. The van der Waals surface area contributed by atoms with Gasteiger partial charge in [0.2, 0.25) is 0 Å². The number of nitrogens with one attached hydrogen (secondary N) is 1. The minimum atomic E-state index is 0.450. The van der Waals surface area contributed by atoms with Gasteiger partial charge in [-0.2, -0.15) is 0 Å². The molecule has 0 aliphatic heterocycles. The van der Waals surface area contributed by atoms with E-state index in [-0.39, 0.29) is 0 Å². The average Bonchev–Trinajstić information content (AvgIpc) is 2.77. The SMILES string of the molecule is CCNC(CC(CC)CC)c1cscn1. The van der Waals surface area contributed by atoms with Gasteiger partial charge in [0.15, 0.2) is 0 Å². The fourth-order valence-electron chi connectivity index (χ4n) is 1.90. The van der Waals surface area contributed by atoms with Crippen molar-refractivity contribution in [3.63, 3.8) is 0 Å². The molecule has 3 heteroatoms. The number of aromatic nitrogens is 1. The molecule has 1 aromatic rings. The zero-order valence-corrected chi connectivity index (χ0v) is 10.8. The Kier molecular flexibility index (Phi) is 5.88. The van der Waals surface area contributed by atoms with Crippen LogP contribution in [0.5, 0.6) is 0 Å². The maximum atomic E-state index is 4.41. The van der Waals surface area contributed by atoms with Gasteiger partial charge >= 0.3 is 0 Å². The average molecular weight is 226 g/mol. The molecule has 0 amide bonds. The first-order chi connectivity index (χ1) is 7.31. The quantitative estimate of drug-likeness (QED) is 0.768.